The van der Waals surface area contributed by atoms with Crippen molar-refractivity contribution >= 4 is 34.8 Å². The molecule has 0 radical (unpaired) electrons. The molecule has 3 heterocycles. The molecule has 34 heavy (non-hydrogen) atoms. The molecular weight excluding hydrogens is 496 g/mol. The number of hydrogen-bond donors (Lipinski definition) is 0. The number of carbonyl (C=O) groups is 1. The number of aromatic nitrogens is 4. The van der Waals surface area contributed by atoms with E-state index in [1.54, 1.807) is 25.0 Å². The first-order valence-electron chi connectivity index (χ1n) is 10.3. The molecule has 8 nitrogen and oxygen atoms in total. The Kier molecular flexibility index (Phi) is 6.68. The Morgan fingerprint density at radius 2 is 1.82 bits per heavy atom. The van der Waals surface area contributed by atoms with Gasteiger partial charge in [-0.15, -0.1) is 0 Å². The summed E-state index contributed by atoms with van der Waals surface area (Å²) >= 11 is 12.4. The Morgan fingerprint density at radius 1 is 1.12 bits per heavy atom. The van der Waals surface area contributed by atoms with E-state index in [9.17, 15) is 18.0 Å². The van der Waals surface area contributed by atoms with Gasteiger partial charge in [-0.25, -0.2) is 4.68 Å². The minimum Gasteiger partial charge on any atom is -0.495 e. The van der Waals surface area contributed by atoms with E-state index in [2.05, 4.69) is 15.1 Å². The third kappa shape index (κ3) is 4.80. The molecule has 2 aromatic heterocycles. The maximum Gasteiger partial charge on any atom is 0.435 e. The number of halogens is 5. The summed E-state index contributed by atoms with van der Waals surface area (Å²) < 4.78 is 46.2. The van der Waals surface area contributed by atoms with Crippen molar-refractivity contribution < 1.29 is 22.7 Å². The topological polar surface area (TPSA) is 68.4 Å². The van der Waals surface area contributed by atoms with Gasteiger partial charge in [0.05, 0.1) is 17.8 Å². The van der Waals surface area contributed by atoms with Crippen molar-refractivity contribution in [3.05, 3.63) is 51.9 Å². The number of ether oxygens (including phenoxy) is 1. The van der Waals surface area contributed by atoms with Gasteiger partial charge in [-0.1, -0.05) is 23.2 Å². The Balaban J connectivity index is 1.42. The molecule has 0 bridgehead atoms. The smallest absolute Gasteiger partial charge is 0.435 e. The van der Waals surface area contributed by atoms with E-state index < -0.39 is 11.9 Å². The van der Waals surface area contributed by atoms with Crippen molar-refractivity contribution in [1.82, 2.24) is 24.5 Å². The van der Waals surface area contributed by atoms with Crippen molar-refractivity contribution in [3.63, 3.8) is 0 Å². The molecule has 1 fully saturated rings. The van der Waals surface area contributed by atoms with Crippen LogP contribution < -0.4 is 9.64 Å². The predicted octanol–water partition coefficient (Wildman–Crippen LogP) is 4.06. The van der Waals surface area contributed by atoms with Gasteiger partial charge in [-0.05, 0) is 25.1 Å². The number of alkyl halides is 3. The molecule has 0 saturated carbocycles. The van der Waals surface area contributed by atoms with Crippen molar-refractivity contribution in [2.45, 2.75) is 19.6 Å². The molecule has 0 unspecified atom stereocenters. The molecule has 182 valence electrons. The number of nitrogens with zero attached hydrogens (tertiary/aromatic N) is 6. The Morgan fingerprint density at radius 3 is 2.44 bits per heavy atom. The third-order valence-corrected chi connectivity index (χ3v) is 6.39. The van der Waals surface area contributed by atoms with Crippen molar-refractivity contribution in [1.29, 1.82) is 0 Å². The Labute approximate surface area is 203 Å². The number of piperazine rings is 1. The molecule has 0 N–H and O–H groups in total. The molecule has 13 heteroatoms. The first-order valence-corrected chi connectivity index (χ1v) is 11.1. The second kappa shape index (κ2) is 9.38. The number of anilines is 1. The number of rotatable bonds is 5. The van der Waals surface area contributed by atoms with Crippen molar-refractivity contribution in [3.8, 4) is 11.6 Å². The molecule has 3 aromatic rings. The van der Waals surface area contributed by atoms with E-state index in [4.69, 9.17) is 27.9 Å². The van der Waals surface area contributed by atoms with Gasteiger partial charge in [0.2, 0.25) is 5.91 Å². The average molecular weight is 517 g/mol. The summed E-state index contributed by atoms with van der Waals surface area (Å²) in [5.41, 5.74) is 0.356. The summed E-state index contributed by atoms with van der Waals surface area (Å²) in [7, 11) is 1.55. The first kappa shape index (κ1) is 24.2. The van der Waals surface area contributed by atoms with Gasteiger partial charge in [0.1, 0.15) is 17.3 Å². The van der Waals surface area contributed by atoms with Crippen LogP contribution in [0, 0.1) is 6.92 Å². The lowest BCUT2D eigenvalue weighted by Crippen LogP contribution is -2.49. The summed E-state index contributed by atoms with van der Waals surface area (Å²) in [4.78, 5) is 16.7. The van der Waals surface area contributed by atoms with E-state index in [0.29, 0.717) is 42.6 Å². The molecule has 1 aliphatic rings. The maximum atomic E-state index is 12.9. The van der Waals surface area contributed by atoms with Crippen LogP contribution in [0.25, 0.3) is 5.82 Å². The molecule has 1 saturated heterocycles. The fourth-order valence-corrected chi connectivity index (χ4v) is 4.11. The summed E-state index contributed by atoms with van der Waals surface area (Å²) in [5, 5.41) is 8.39. The standard InChI is InChI=1S/C21H21Cl2F3N6O2/c1-13-19(23)20(31-6-5-17(27-31)21(24,25)26)28-32(13)12-18(33)30-9-7-29(8-10-30)14-3-4-15(22)16(11-14)34-2/h3-6,11H,7-10,12H2,1-2H3. The third-order valence-electron chi connectivity index (χ3n) is 5.63. The molecule has 0 aliphatic carbocycles. The second-order valence-corrected chi connectivity index (χ2v) is 8.50. The van der Waals surface area contributed by atoms with Crippen molar-refractivity contribution in [2.75, 3.05) is 38.2 Å². The summed E-state index contributed by atoms with van der Waals surface area (Å²) in [6.45, 7) is 3.79. The fraction of sp³-hybridized carbons (Fsp3) is 0.381. The van der Waals surface area contributed by atoms with Crippen molar-refractivity contribution in [2.24, 2.45) is 0 Å². The largest absolute Gasteiger partial charge is 0.495 e. The Bertz CT molecular complexity index is 1200. The summed E-state index contributed by atoms with van der Waals surface area (Å²) in [6.07, 6.45) is -3.45. The molecule has 1 aromatic carbocycles. The van der Waals surface area contributed by atoms with Crippen LogP contribution in [0.3, 0.4) is 0 Å². The van der Waals surface area contributed by atoms with Gasteiger partial charge in [0.25, 0.3) is 0 Å². The zero-order chi connectivity index (χ0) is 24.6. The highest BCUT2D eigenvalue weighted by Gasteiger charge is 2.34. The van der Waals surface area contributed by atoms with Gasteiger partial charge in [0.15, 0.2) is 11.5 Å². The monoisotopic (exact) mass is 516 g/mol. The highest BCUT2D eigenvalue weighted by Crippen LogP contribution is 2.31. The van der Waals surface area contributed by atoms with E-state index >= 15 is 0 Å². The minimum atomic E-state index is -4.58. The van der Waals surface area contributed by atoms with Gasteiger partial charge in [-0.3, -0.25) is 9.48 Å². The highest BCUT2D eigenvalue weighted by molar-refractivity contribution is 6.33. The van der Waals surface area contributed by atoms with Crippen LogP contribution in [0.4, 0.5) is 18.9 Å². The van der Waals surface area contributed by atoms with Crippen LogP contribution >= 0.6 is 23.2 Å². The SMILES string of the molecule is COc1cc(N2CCN(C(=O)Cn3nc(-n4ccc(C(F)(F)F)n4)c(Cl)c3C)CC2)ccc1Cl. The van der Waals surface area contributed by atoms with Gasteiger partial charge < -0.3 is 14.5 Å². The zero-order valence-electron chi connectivity index (χ0n) is 18.3. The lowest BCUT2D eigenvalue weighted by Gasteiger charge is -2.36. The number of carbonyl (C=O) groups excluding carboxylic acids is 1. The predicted molar refractivity (Wildman–Crippen MR) is 121 cm³/mol. The first-order chi connectivity index (χ1) is 16.1. The average Bonchev–Trinajstić information content (AvgIpc) is 3.41. The summed E-state index contributed by atoms with van der Waals surface area (Å²) in [5.74, 6) is 0.446. The fourth-order valence-electron chi connectivity index (χ4n) is 3.69. The van der Waals surface area contributed by atoms with E-state index in [1.165, 1.54) is 4.68 Å². The lowest BCUT2D eigenvalue weighted by atomic mass is 10.2. The van der Waals surface area contributed by atoms with E-state index in [1.807, 2.05) is 12.1 Å². The van der Waals surface area contributed by atoms with Gasteiger partial charge in [-0.2, -0.15) is 23.4 Å². The molecule has 1 amide bonds. The summed E-state index contributed by atoms with van der Waals surface area (Å²) in [6, 6.07) is 6.37. The van der Waals surface area contributed by atoms with Crippen LogP contribution in [0.15, 0.2) is 30.5 Å². The zero-order valence-corrected chi connectivity index (χ0v) is 19.8. The van der Waals surface area contributed by atoms with Crippen LogP contribution in [0.5, 0.6) is 5.75 Å². The molecule has 4 rings (SSSR count). The highest BCUT2D eigenvalue weighted by atomic mass is 35.5. The normalized spacial score (nSPS) is 14.6. The lowest BCUT2D eigenvalue weighted by molar-refractivity contribution is -0.141. The number of amides is 1. The number of hydrogen-bond acceptors (Lipinski definition) is 5. The molecule has 0 atom stereocenters. The second-order valence-electron chi connectivity index (χ2n) is 7.71. The number of methoxy groups -OCH3 is 1. The molecule has 1 aliphatic heterocycles. The number of benzene rings is 1. The van der Waals surface area contributed by atoms with Gasteiger partial charge in [0, 0.05) is 44.1 Å². The van der Waals surface area contributed by atoms with Crippen LogP contribution in [-0.2, 0) is 17.5 Å². The van der Waals surface area contributed by atoms with Crippen LogP contribution in [0.1, 0.15) is 11.4 Å². The maximum absolute atomic E-state index is 12.9. The van der Waals surface area contributed by atoms with E-state index in [0.717, 1.165) is 22.6 Å². The molecule has 0 spiro atoms. The van der Waals surface area contributed by atoms with Crippen LogP contribution in [0.2, 0.25) is 10.0 Å². The quantitative estimate of drug-likeness (QED) is 0.511. The minimum absolute atomic E-state index is 0.0315. The molecular formula is C21H21Cl2F3N6O2. The Hall–Kier alpha value is -2.92. The van der Waals surface area contributed by atoms with E-state index in [-0.39, 0.29) is 23.3 Å². The van der Waals surface area contributed by atoms with Crippen LogP contribution in [-0.4, -0.2) is 63.7 Å². The van der Waals surface area contributed by atoms with Gasteiger partial charge >= 0.3 is 6.18 Å².